The molecule has 1 unspecified atom stereocenters. The minimum atomic E-state index is -0.610. The Morgan fingerprint density at radius 3 is 2.40 bits per heavy atom. The zero-order chi connectivity index (χ0) is 25.1. The highest BCUT2D eigenvalue weighted by Gasteiger charge is 2.43. The summed E-state index contributed by atoms with van der Waals surface area (Å²) in [5, 5.41) is 11.6. The molecule has 5 N–H and O–H groups in total. The molecule has 1 atom stereocenters. The van der Waals surface area contributed by atoms with Crippen LogP contribution in [0.5, 0.6) is 0 Å². The van der Waals surface area contributed by atoms with Crippen molar-refractivity contribution in [3.8, 4) is 11.3 Å². The summed E-state index contributed by atoms with van der Waals surface area (Å²) in [6.45, 7) is 8.36. The van der Waals surface area contributed by atoms with Crippen molar-refractivity contribution in [2.45, 2.75) is 70.8 Å². The Morgan fingerprint density at radius 2 is 1.83 bits per heavy atom. The molecule has 9 heteroatoms. The number of nitrogens with one attached hydrogen (secondary N) is 1. The van der Waals surface area contributed by atoms with Crippen LogP contribution in [-0.4, -0.2) is 26.8 Å². The predicted octanol–water partition coefficient (Wildman–Crippen LogP) is 4.37. The third kappa shape index (κ3) is 4.19. The molecule has 2 heterocycles. The van der Waals surface area contributed by atoms with Gasteiger partial charge >= 0.3 is 0 Å². The van der Waals surface area contributed by atoms with Crippen molar-refractivity contribution in [2.24, 2.45) is 11.1 Å². The van der Waals surface area contributed by atoms with Crippen molar-refractivity contribution in [3.05, 3.63) is 47.2 Å². The lowest BCUT2D eigenvalue weighted by Gasteiger charge is -2.41. The molecule has 0 saturated heterocycles. The number of benzene rings is 1. The van der Waals surface area contributed by atoms with Gasteiger partial charge in [0.05, 0.1) is 17.2 Å². The number of carbonyl (C=O) groups excluding carboxylic acids is 2. The van der Waals surface area contributed by atoms with Gasteiger partial charge in [-0.25, -0.2) is 4.68 Å². The lowest BCUT2D eigenvalue weighted by atomic mass is 9.63. The number of carbonyl (C=O) groups is 2. The molecule has 2 aliphatic rings. The Hall–Kier alpha value is -3.62. The van der Waals surface area contributed by atoms with E-state index in [1.165, 1.54) is 0 Å². The SMILES string of the molecule is CC(C(=O)Nc1cc(C2CC(C)(C)C2)no1)c1ccc(-c2nn(C3(C)CC3)c(N)c2C(N)=O)cc1. The number of nitrogens with two attached hydrogens (primary N) is 2. The molecule has 3 aromatic rings. The van der Waals surface area contributed by atoms with E-state index in [1.54, 1.807) is 4.68 Å². The van der Waals surface area contributed by atoms with Gasteiger partial charge in [0.15, 0.2) is 0 Å². The molecule has 184 valence electrons. The van der Waals surface area contributed by atoms with Crippen LogP contribution in [0.15, 0.2) is 34.9 Å². The molecule has 2 aromatic heterocycles. The summed E-state index contributed by atoms with van der Waals surface area (Å²) in [7, 11) is 0. The average molecular weight is 477 g/mol. The molecule has 1 aromatic carbocycles. The first kappa shape index (κ1) is 23.1. The van der Waals surface area contributed by atoms with Crippen LogP contribution in [0, 0.1) is 5.41 Å². The van der Waals surface area contributed by atoms with E-state index in [0.29, 0.717) is 34.3 Å². The molecule has 0 spiro atoms. The first-order valence-corrected chi connectivity index (χ1v) is 12.0. The third-order valence-electron chi connectivity index (χ3n) is 7.52. The number of anilines is 2. The van der Waals surface area contributed by atoms with Crippen LogP contribution in [0.4, 0.5) is 11.7 Å². The first-order valence-electron chi connectivity index (χ1n) is 12.0. The van der Waals surface area contributed by atoms with Gasteiger partial charge in [0, 0.05) is 17.5 Å². The number of amides is 2. The highest BCUT2D eigenvalue weighted by molar-refractivity contribution is 6.03. The smallest absolute Gasteiger partial charge is 0.254 e. The number of hydrogen-bond donors (Lipinski definition) is 3. The normalized spacial score (nSPS) is 19.1. The lowest BCUT2D eigenvalue weighted by Crippen LogP contribution is -2.29. The van der Waals surface area contributed by atoms with Crippen LogP contribution in [-0.2, 0) is 10.3 Å². The number of hydrogen-bond acceptors (Lipinski definition) is 6. The molecular weight excluding hydrogens is 444 g/mol. The molecular formula is C26H32N6O3. The molecule has 2 fully saturated rings. The first-order chi connectivity index (χ1) is 16.5. The number of rotatable bonds is 7. The second-order valence-electron chi connectivity index (χ2n) is 11.1. The van der Waals surface area contributed by atoms with Gasteiger partial charge < -0.3 is 16.0 Å². The van der Waals surface area contributed by atoms with Crippen molar-refractivity contribution in [1.29, 1.82) is 0 Å². The largest absolute Gasteiger partial charge is 0.383 e. The van der Waals surface area contributed by atoms with Crippen molar-refractivity contribution < 1.29 is 14.1 Å². The summed E-state index contributed by atoms with van der Waals surface area (Å²) in [5.41, 5.74) is 15.1. The Morgan fingerprint density at radius 1 is 1.17 bits per heavy atom. The van der Waals surface area contributed by atoms with Crippen LogP contribution < -0.4 is 16.8 Å². The fraction of sp³-hybridized carbons (Fsp3) is 0.462. The predicted molar refractivity (Wildman–Crippen MR) is 133 cm³/mol. The van der Waals surface area contributed by atoms with E-state index in [0.717, 1.165) is 36.9 Å². The fourth-order valence-electron chi connectivity index (χ4n) is 5.01. The maximum Gasteiger partial charge on any atom is 0.254 e. The highest BCUT2D eigenvalue weighted by Crippen LogP contribution is 2.50. The van der Waals surface area contributed by atoms with Crippen LogP contribution in [0.3, 0.4) is 0 Å². The van der Waals surface area contributed by atoms with Crippen LogP contribution in [0.1, 0.15) is 86.8 Å². The Labute approximate surface area is 204 Å². The van der Waals surface area contributed by atoms with Crippen LogP contribution >= 0.6 is 0 Å². The summed E-state index contributed by atoms with van der Waals surface area (Å²) in [4.78, 5) is 25.0. The summed E-state index contributed by atoms with van der Waals surface area (Å²) in [5.74, 6) is -0.192. The Balaban J connectivity index is 1.30. The standard InChI is InChI=1S/C26H32N6O3/c1-14(24(34)29-19-11-18(31-35-19)17-12-25(2,3)13-17)15-5-7-16(8-6-15)21-20(23(28)33)22(27)32(30-21)26(4)9-10-26/h5-8,11,14,17H,9-10,12-13,27H2,1-4H3,(H2,28,33)(H,29,34). The van der Waals surface area contributed by atoms with Gasteiger partial charge in [-0.3, -0.25) is 14.9 Å². The molecule has 0 bridgehead atoms. The van der Waals surface area contributed by atoms with E-state index in [9.17, 15) is 9.59 Å². The van der Waals surface area contributed by atoms with E-state index in [-0.39, 0.29) is 17.0 Å². The number of nitrogens with zero attached hydrogens (tertiary/aromatic N) is 3. The van der Waals surface area contributed by atoms with Gasteiger partial charge in [0.25, 0.3) is 5.91 Å². The van der Waals surface area contributed by atoms with Crippen molar-refractivity contribution >= 4 is 23.5 Å². The van der Waals surface area contributed by atoms with Gasteiger partial charge in [-0.1, -0.05) is 43.3 Å². The molecule has 0 radical (unpaired) electrons. The molecule has 2 aliphatic carbocycles. The van der Waals surface area contributed by atoms with E-state index >= 15 is 0 Å². The third-order valence-corrected chi connectivity index (χ3v) is 7.52. The van der Waals surface area contributed by atoms with E-state index in [4.69, 9.17) is 16.0 Å². The molecule has 2 amide bonds. The van der Waals surface area contributed by atoms with Gasteiger partial charge in [-0.15, -0.1) is 0 Å². The molecule has 5 rings (SSSR count). The van der Waals surface area contributed by atoms with Crippen LogP contribution in [0.25, 0.3) is 11.3 Å². The molecule has 0 aliphatic heterocycles. The maximum absolute atomic E-state index is 12.8. The summed E-state index contributed by atoms with van der Waals surface area (Å²) >= 11 is 0. The second-order valence-corrected chi connectivity index (χ2v) is 11.1. The van der Waals surface area contributed by atoms with Crippen molar-refractivity contribution in [2.75, 3.05) is 11.1 Å². The number of aromatic nitrogens is 3. The maximum atomic E-state index is 12.8. The Bertz CT molecular complexity index is 1290. The monoisotopic (exact) mass is 476 g/mol. The average Bonchev–Trinajstić information content (AvgIpc) is 3.20. The van der Waals surface area contributed by atoms with Crippen molar-refractivity contribution in [3.63, 3.8) is 0 Å². The van der Waals surface area contributed by atoms with Gasteiger partial charge in [0.1, 0.15) is 17.1 Å². The quantitative estimate of drug-likeness (QED) is 0.462. The second kappa shape index (κ2) is 7.96. The topological polar surface area (TPSA) is 142 Å². The zero-order valence-corrected chi connectivity index (χ0v) is 20.6. The summed E-state index contributed by atoms with van der Waals surface area (Å²) in [6, 6.07) is 9.18. The molecule has 9 nitrogen and oxygen atoms in total. The Kier molecular flexibility index (Phi) is 5.27. The minimum Gasteiger partial charge on any atom is -0.383 e. The number of nitrogen functional groups attached to an aromatic ring is 1. The molecule has 35 heavy (non-hydrogen) atoms. The lowest BCUT2D eigenvalue weighted by molar-refractivity contribution is -0.117. The summed E-state index contributed by atoms with van der Waals surface area (Å²) in [6.07, 6.45) is 4.04. The van der Waals surface area contributed by atoms with Gasteiger partial charge in [-0.2, -0.15) is 5.10 Å². The zero-order valence-electron chi connectivity index (χ0n) is 20.6. The summed E-state index contributed by atoms with van der Waals surface area (Å²) < 4.78 is 7.07. The van der Waals surface area contributed by atoms with Crippen molar-refractivity contribution in [1.82, 2.24) is 14.9 Å². The minimum absolute atomic E-state index is 0.172. The highest BCUT2D eigenvalue weighted by atomic mass is 16.5. The van der Waals surface area contributed by atoms with E-state index in [2.05, 4.69) is 36.3 Å². The number of primary amides is 1. The fourth-order valence-corrected chi connectivity index (χ4v) is 5.01. The van der Waals surface area contributed by atoms with Gasteiger partial charge in [-0.05, 0) is 50.5 Å². The van der Waals surface area contributed by atoms with E-state index < -0.39 is 11.8 Å². The molecule has 2 saturated carbocycles. The van der Waals surface area contributed by atoms with E-state index in [1.807, 2.05) is 37.3 Å². The van der Waals surface area contributed by atoms with Crippen LogP contribution in [0.2, 0.25) is 0 Å². The van der Waals surface area contributed by atoms with Gasteiger partial charge in [0.2, 0.25) is 11.8 Å².